The van der Waals surface area contributed by atoms with Crippen LogP contribution in [0.2, 0.25) is 0 Å². The zero-order valence-electron chi connectivity index (χ0n) is 15.3. The molecule has 0 aromatic carbocycles. The SMILES string of the molecule is C=CCn1c(Cc2csc(NC(=O)c3sc(-c4cccs4)nc3C)n2)n[nH]c1=S. The first-order valence-electron chi connectivity index (χ1n) is 8.57. The summed E-state index contributed by atoms with van der Waals surface area (Å²) in [6.45, 7) is 6.17. The maximum Gasteiger partial charge on any atom is 0.269 e. The van der Waals surface area contributed by atoms with E-state index in [4.69, 9.17) is 12.2 Å². The monoisotopic (exact) mass is 460 g/mol. The number of thiazole rings is 2. The lowest BCUT2D eigenvalue weighted by Crippen LogP contribution is -2.11. The number of anilines is 1. The van der Waals surface area contributed by atoms with Crippen molar-refractivity contribution in [3.05, 3.63) is 62.4 Å². The van der Waals surface area contributed by atoms with Gasteiger partial charge in [-0.05, 0) is 30.6 Å². The van der Waals surface area contributed by atoms with Gasteiger partial charge in [-0.25, -0.2) is 9.97 Å². The second-order valence-corrected chi connectivity index (χ2v) is 9.22. The molecule has 2 N–H and O–H groups in total. The molecule has 0 atom stereocenters. The molecule has 1 amide bonds. The number of aromatic nitrogens is 5. The van der Waals surface area contributed by atoms with Crippen LogP contribution >= 0.6 is 46.2 Å². The Kier molecular flexibility index (Phi) is 5.81. The lowest BCUT2D eigenvalue weighted by molar-refractivity contribution is 0.103. The van der Waals surface area contributed by atoms with Gasteiger partial charge in [0.1, 0.15) is 15.7 Å². The number of H-pyrrole nitrogens is 1. The van der Waals surface area contributed by atoms with Crippen molar-refractivity contribution in [1.29, 1.82) is 0 Å². The molecule has 0 aliphatic heterocycles. The highest BCUT2D eigenvalue weighted by Crippen LogP contribution is 2.31. The maximum atomic E-state index is 12.7. The summed E-state index contributed by atoms with van der Waals surface area (Å²) in [4.78, 5) is 23.4. The first-order chi connectivity index (χ1) is 14.0. The van der Waals surface area contributed by atoms with Crippen molar-refractivity contribution in [3.63, 3.8) is 0 Å². The lowest BCUT2D eigenvalue weighted by Gasteiger charge is -2.02. The van der Waals surface area contributed by atoms with Crippen LogP contribution in [0.3, 0.4) is 0 Å². The Morgan fingerprint density at radius 1 is 1.41 bits per heavy atom. The third kappa shape index (κ3) is 4.27. The fourth-order valence-electron chi connectivity index (χ4n) is 2.68. The van der Waals surface area contributed by atoms with Gasteiger partial charge in [-0.2, -0.15) is 5.10 Å². The van der Waals surface area contributed by atoms with E-state index in [0.717, 1.165) is 21.4 Å². The van der Waals surface area contributed by atoms with Gasteiger partial charge >= 0.3 is 0 Å². The van der Waals surface area contributed by atoms with E-state index in [9.17, 15) is 4.79 Å². The van der Waals surface area contributed by atoms with Crippen molar-refractivity contribution in [2.24, 2.45) is 0 Å². The highest BCUT2D eigenvalue weighted by molar-refractivity contribution is 7.71. The topological polar surface area (TPSA) is 88.5 Å². The summed E-state index contributed by atoms with van der Waals surface area (Å²) in [5.41, 5.74) is 1.53. The van der Waals surface area contributed by atoms with Crippen molar-refractivity contribution in [2.75, 3.05) is 5.32 Å². The molecular formula is C18H16N6OS4. The molecule has 148 valence electrons. The largest absolute Gasteiger partial charge is 0.300 e. The zero-order chi connectivity index (χ0) is 20.4. The standard InChI is InChI=1S/C18H16N6OS4/c1-3-6-24-13(22-23-18(24)26)8-11-9-28-17(20-11)21-15(25)14-10(2)19-16(29-14)12-5-4-7-27-12/h3-5,7,9H,1,6,8H2,2H3,(H,23,26)(H,20,21,25). The highest BCUT2D eigenvalue weighted by Gasteiger charge is 2.18. The van der Waals surface area contributed by atoms with Gasteiger partial charge in [0.05, 0.1) is 22.7 Å². The zero-order valence-corrected chi connectivity index (χ0v) is 18.6. The second-order valence-electron chi connectivity index (χ2n) is 6.03. The van der Waals surface area contributed by atoms with Gasteiger partial charge in [0.2, 0.25) is 0 Å². The first-order valence-corrected chi connectivity index (χ1v) is 11.6. The minimum absolute atomic E-state index is 0.196. The van der Waals surface area contributed by atoms with E-state index in [1.165, 1.54) is 22.7 Å². The van der Waals surface area contributed by atoms with E-state index in [1.54, 1.807) is 17.4 Å². The Morgan fingerprint density at radius 2 is 2.28 bits per heavy atom. The summed E-state index contributed by atoms with van der Waals surface area (Å²) in [6.07, 6.45) is 2.28. The predicted molar refractivity (Wildman–Crippen MR) is 121 cm³/mol. The average molecular weight is 461 g/mol. The summed E-state index contributed by atoms with van der Waals surface area (Å²) >= 11 is 9.61. The minimum atomic E-state index is -0.196. The molecular weight excluding hydrogens is 445 g/mol. The molecule has 0 unspecified atom stereocenters. The lowest BCUT2D eigenvalue weighted by atomic mass is 10.3. The number of nitrogens with one attached hydrogen (secondary N) is 2. The normalized spacial score (nSPS) is 10.9. The van der Waals surface area contributed by atoms with Crippen molar-refractivity contribution >= 4 is 57.3 Å². The number of nitrogens with zero attached hydrogens (tertiary/aromatic N) is 4. The van der Waals surface area contributed by atoms with Gasteiger partial charge in [0, 0.05) is 11.9 Å². The highest BCUT2D eigenvalue weighted by atomic mass is 32.1. The number of amides is 1. The number of thiophene rings is 1. The third-order valence-electron chi connectivity index (χ3n) is 4.00. The predicted octanol–water partition coefficient (Wildman–Crippen LogP) is 4.92. The van der Waals surface area contributed by atoms with Crippen molar-refractivity contribution < 1.29 is 4.79 Å². The summed E-state index contributed by atoms with van der Waals surface area (Å²) in [7, 11) is 0. The minimum Gasteiger partial charge on any atom is -0.300 e. The molecule has 0 aliphatic carbocycles. The number of aryl methyl sites for hydroxylation is 1. The van der Waals surface area contributed by atoms with Crippen LogP contribution in [0.1, 0.15) is 26.9 Å². The summed E-state index contributed by atoms with van der Waals surface area (Å²) in [5.74, 6) is 0.579. The number of hydrogen-bond donors (Lipinski definition) is 2. The molecule has 0 bridgehead atoms. The van der Waals surface area contributed by atoms with Gasteiger partial charge in [0.15, 0.2) is 9.90 Å². The fourth-order valence-corrected chi connectivity index (χ4v) is 5.37. The van der Waals surface area contributed by atoms with E-state index in [0.29, 0.717) is 33.4 Å². The quantitative estimate of drug-likeness (QED) is 0.302. The van der Waals surface area contributed by atoms with E-state index in [-0.39, 0.29) is 5.91 Å². The van der Waals surface area contributed by atoms with Gasteiger partial charge in [-0.1, -0.05) is 12.1 Å². The van der Waals surface area contributed by atoms with Gasteiger partial charge in [0.25, 0.3) is 5.91 Å². The van der Waals surface area contributed by atoms with E-state index < -0.39 is 0 Å². The summed E-state index contributed by atoms with van der Waals surface area (Å²) in [6, 6.07) is 3.97. The van der Waals surface area contributed by atoms with Crippen LogP contribution < -0.4 is 5.32 Å². The molecule has 0 spiro atoms. The molecule has 7 nitrogen and oxygen atoms in total. The Balaban J connectivity index is 1.48. The molecule has 0 fully saturated rings. The van der Waals surface area contributed by atoms with Crippen LogP contribution in [0.25, 0.3) is 9.88 Å². The van der Waals surface area contributed by atoms with Gasteiger partial charge < -0.3 is 0 Å². The van der Waals surface area contributed by atoms with Crippen molar-refractivity contribution in [3.8, 4) is 9.88 Å². The third-order valence-corrected chi connectivity index (χ3v) is 7.31. The maximum absolute atomic E-state index is 12.7. The average Bonchev–Trinajstić information content (AvgIpc) is 3.47. The fraction of sp³-hybridized carbons (Fsp3) is 0.167. The van der Waals surface area contributed by atoms with Crippen LogP contribution in [-0.4, -0.2) is 30.6 Å². The number of carbonyl (C=O) groups excluding carboxylic acids is 1. The Bertz CT molecular complexity index is 1210. The molecule has 0 aliphatic rings. The van der Waals surface area contributed by atoms with E-state index in [2.05, 4.69) is 32.1 Å². The van der Waals surface area contributed by atoms with Gasteiger partial charge in [-0.15, -0.1) is 40.6 Å². The Labute approximate surface area is 183 Å². The molecule has 4 heterocycles. The Hall–Kier alpha value is -2.47. The number of rotatable bonds is 7. The van der Waals surface area contributed by atoms with Crippen LogP contribution in [-0.2, 0) is 13.0 Å². The smallest absolute Gasteiger partial charge is 0.269 e. The molecule has 4 aromatic rings. The number of aromatic amines is 1. The first kappa shape index (κ1) is 19.8. The number of hydrogen-bond acceptors (Lipinski definition) is 8. The number of carbonyl (C=O) groups is 1. The van der Waals surface area contributed by atoms with Crippen molar-refractivity contribution in [1.82, 2.24) is 24.7 Å². The molecule has 4 rings (SSSR count). The van der Waals surface area contributed by atoms with E-state index >= 15 is 0 Å². The van der Waals surface area contributed by atoms with Crippen LogP contribution in [0, 0.1) is 11.7 Å². The molecule has 4 aromatic heterocycles. The summed E-state index contributed by atoms with van der Waals surface area (Å²) in [5, 5.41) is 15.2. The molecule has 0 saturated heterocycles. The Morgan fingerprint density at radius 3 is 3.03 bits per heavy atom. The van der Waals surface area contributed by atoms with Crippen LogP contribution in [0.4, 0.5) is 5.13 Å². The molecule has 11 heteroatoms. The van der Waals surface area contributed by atoms with Crippen molar-refractivity contribution in [2.45, 2.75) is 19.9 Å². The van der Waals surface area contributed by atoms with E-state index in [1.807, 2.05) is 34.4 Å². The van der Waals surface area contributed by atoms with Gasteiger partial charge in [-0.3, -0.25) is 19.8 Å². The summed E-state index contributed by atoms with van der Waals surface area (Å²) < 4.78 is 2.41. The van der Waals surface area contributed by atoms with Crippen LogP contribution in [0.5, 0.6) is 0 Å². The number of allylic oxidation sites excluding steroid dienone is 1. The molecule has 0 saturated carbocycles. The molecule has 0 radical (unpaired) electrons. The van der Waals surface area contributed by atoms with Crippen LogP contribution in [0.15, 0.2) is 35.5 Å². The molecule has 29 heavy (non-hydrogen) atoms. The second kappa shape index (κ2) is 8.49.